The van der Waals surface area contributed by atoms with E-state index >= 15 is 0 Å². The van der Waals surface area contributed by atoms with Crippen molar-refractivity contribution in [1.82, 2.24) is 5.32 Å². The molecular weight excluding hydrogens is 294 g/mol. The molecule has 2 N–H and O–H groups in total. The molecule has 5 nitrogen and oxygen atoms in total. The third-order valence-corrected chi connectivity index (χ3v) is 4.54. The van der Waals surface area contributed by atoms with Crippen molar-refractivity contribution >= 4 is 5.91 Å². The van der Waals surface area contributed by atoms with Gasteiger partial charge in [0.05, 0.1) is 20.3 Å². The van der Waals surface area contributed by atoms with Crippen molar-refractivity contribution in [2.24, 2.45) is 5.92 Å². The fraction of sp³-hybridized carbons (Fsp3) is 0.611. The van der Waals surface area contributed by atoms with Crippen LogP contribution in [0.15, 0.2) is 18.2 Å². The van der Waals surface area contributed by atoms with E-state index in [-0.39, 0.29) is 12.5 Å². The minimum absolute atomic E-state index is 0.0106. The van der Waals surface area contributed by atoms with Gasteiger partial charge in [0, 0.05) is 13.0 Å². The Balaban J connectivity index is 1.79. The molecular formula is C18H27NO4. The molecule has 1 fully saturated rings. The molecule has 128 valence electrons. The van der Waals surface area contributed by atoms with Gasteiger partial charge in [-0.3, -0.25) is 4.79 Å². The standard InChI is InChI=1S/C18H27NO4/c1-22-16-9-8-14(11-17(16)23-2)15(20)12-19-18(21)10-7-13-5-3-4-6-13/h8-9,11,13,15,20H,3-7,10,12H2,1-2H3,(H,19,21). The van der Waals surface area contributed by atoms with Gasteiger partial charge in [0.1, 0.15) is 0 Å². The monoisotopic (exact) mass is 321 g/mol. The second kappa shape index (κ2) is 8.77. The highest BCUT2D eigenvalue weighted by Gasteiger charge is 2.17. The predicted molar refractivity (Wildman–Crippen MR) is 88.7 cm³/mol. The molecule has 0 bridgehead atoms. The van der Waals surface area contributed by atoms with Crippen LogP contribution in [0.4, 0.5) is 0 Å². The maximum atomic E-state index is 11.9. The van der Waals surface area contributed by atoms with Gasteiger partial charge in [0.15, 0.2) is 11.5 Å². The zero-order chi connectivity index (χ0) is 16.7. The van der Waals surface area contributed by atoms with E-state index in [2.05, 4.69) is 5.32 Å². The molecule has 1 amide bonds. The van der Waals surface area contributed by atoms with Crippen LogP contribution >= 0.6 is 0 Å². The fourth-order valence-corrected chi connectivity index (χ4v) is 3.11. The number of ether oxygens (including phenoxy) is 2. The van der Waals surface area contributed by atoms with Crippen LogP contribution in [0.5, 0.6) is 11.5 Å². The zero-order valence-corrected chi connectivity index (χ0v) is 14.0. The first-order chi connectivity index (χ1) is 11.1. The highest BCUT2D eigenvalue weighted by Crippen LogP contribution is 2.30. The van der Waals surface area contributed by atoms with Gasteiger partial charge < -0.3 is 19.9 Å². The van der Waals surface area contributed by atoms with Crippen LogP contribution in [-0.4, -0.2) is 31.8 Å². The van der Waals surface area contributed by atoms with Crippen LogP contribution < -0.4 is 14.8 Å². The number of nitrogens with one attached hydrogen (secondary N) is 1. The van der Waals surface area contributed by atoms with Crippen LogP contribution in [0.2, 0.25) is 0 Å². The van der Waals surface area contributed by atoms with Crippen molar-refractivity contribution in [3.63, 3.8) is 0 Å². The maximum Gasteiger partial charge on any atom is 0.220 e. The lowest BCUT2D eigenvalue weighted by atomic mass is 10.0. The number of hydrogen-bond acceptors (Lipinski definition) is 4. The lowest BCUT2D eigenvalue weighted by Crippen LogP contribution is -2.28. The van der Waals surface area contributed by atoms with E-state index in [0.717, 1.165) is 6.42 Å². The number of methoxy groups -OCH3 is 2. The van der Waals surface area contributed by atoms with E-state index in [1.54, 1.807) is 32.4 Å². The van der Waals surface area contributed by atoms with Gasteiger partial charge in [0.2, 0.25) is 5.91 Å². The zero-order valence-electron chi connectivity index (χ0n) is 14.0. The fourth-order valence-electron chi connectivity index (χ4n) is 3.11. The summed E-state index contributed by atoms with van der Waals surface area (Å²) in [4.78, 5) is 11.9. The van der Waals surface area contributed by atoms with Crippen LogP contribution in [0.25, 0.3) is 0 Å². The smallest absolute Gasteiger partial charge is 0.220 e. The lowest BCUT2D eigenvalue weighted by Gasteiger charge is -2.15. The molecule has 1 atom stereocenters. The van der Waals surface area contributed by atoms with E-state index in [4.69, 9.17) is 9.47 Å². The van der Waals surface area contributed by atoms with Gasteiger partial charge in [-0.05, 0) is 30.0 Å². The molecule has 0 saturated heterocycles. The number of rotatable bonds is 8. The Morgan fingerprint density at radius 2 is 1.96 bits per heavy atom. The quantitative estimate of drug-likeness (QED) is 0.772. The second-order valence-corrected chi connectivity index (χ2v) is 6.12. The summed E-state index contributed by atoms with van der Waals surface area (Å²) >= 11 is 0. The molecule has 1 aromatic carbocycles. The van der Waals surface area contributed by atoms with Crippen molar-refractivity contribution in [2.45, 2.75) is 44.6 Å². The summed E-state index contributed by atoms with van der Waals surface area (Å²) in [6, 6.07) is 5.25. The van der Waals surface area contributed by atoms with Gasteiger partial charge in [0.25, 0.3) is 0 Å². The summed E-state index contributed by atoms with van der Waals surface area (Å²) in [5.41, 5.74) is 0.693. The average molecular weight is 321 g/mol. The van der Waals surface area contributed by atoms with Crippen LogP contribution in [0, 0.1) is 5.92 Å². The number of carbonyl (C=O) groups excluding carboxylic acids is 1. The first-order valence-corrected chi connectivity index (χ1v) is 8.30. The minimum atomic E-state index is -0.759. The Labute approximate surface area is 138 Å². The molecule has 0 aromatic heterocycles. The number of hydrogen-bond donors (Lipinski definition) is 2. The highest BCUT2D eigenvalue weighted by atomic mass is 16.5. The molecule has 1 unspecified atom stereocenters. The molecule has 0 radical (unpaired) electrons. The van der Waals surface area contributed by atoms with Crippen LogP contribution in [0.1, 0.15) is 50.2 Å². The second-order valence-electron chi connectivity index (χ2n) is 6.12. The van der Waals surface area contributed by atoms with Crippen molar-refractivity contribution in [3.8, 4) is 11.5 Å². The van der Waals surface area contributed by atoms with Gasteiger partial charge >= 0.3 is 0 Å². The molecule has 0 heterocycles. The Morgan fingerprint density at radius 3 is 2.61 bits per heavy atom. The van der Waals surface area contributed by atoms with E-state index in [9.17, 15) is 9.90 Å². The molecule has 0 spiro atoms. The first kappa shape index (κ1) is 17.6. The number of aliphatic hydroxyl groups is 1. The van der Waals surface area contributed by atoms with E-state index in [1.807, 2.05) is 0 Å². The lowest BCUT2D eigenvalue weighted by molar-refractivity contribution is -0.121. The Bertz CT molecular complexity index is 512. The summed E-state index contributed by atoms with van der Waals surface area (Å²) < 4.78 is 10.4. The number of amides is 1. The topological polar surface area (TPSA) is 67.8 Å². The van der Waals surface area contributed by atoms with Crippen LogP contribution in [-0.2, 0) is 4.79 Å². The summed E-state index contributed by atoms with van der Waals surface area (Å²) in [7, 11) is 3.12. The Morgan fingerprint density at radius 1 is 1.26 bits per heavy atom. The molecule has 2 rings (SSSR count). The third kappa shape index (κ3) is 5.13. The average Bonchev–Trinajstić information content (AvgIpc) is 3.10. The Kier molecular flexibility index (Phi) is 6.71. The van der Waals surface area contributed by atoms with E-state index in [1.165, 1.54) is 25.7 Å². The first-order valence-electron chi connectivity index (χ1n) is 8.30. The maximum absolute atomic E-state index is 11.9. The predicted octanol–water partition coefficient (Wildman–Crippen LogP) is 2.82. The SMILES string of the molecule is COc1ccc(C(O)CNC(=O)CCC2CCCC2)cc1OC. The van der Waals surface area contributed by atoms with Gasteiger partial charge in [-0.25, -0.2) is 0 Å². The number of aliphatic hydroxyl groups excluding tert-OH is 1. The van der Waals surface area contributed by atoms with Gasteiger partial charge in [-0.1, -0.05) is 31.7 Å². The summed E-state index contributed by atoms with van der Waals surface area (Å²) in [5, 5.41) is 13.0. The summed E-state index contributed by atoms with van der Waals surface area (Å²) in [6.45, 7) is 0.207. The van der Waals surface area contributed by atoms with E-state index in [0.29, 0.717) is 29.4 Å². The number of benzene rings is 1. The van der Waals surface area contributed by atoms with E-state index < -0.39 is 6.10 Å². The third-order valence-electron chi connectivity index (χ3n) is 4.54. The van der Waals surface area contributed by atoms with Crippen molar-refractivity contribution < 1.29 is 19.4 Å². The van der Waals surface area contributed by atoms with Gasteiger partial charge in [-0.15, -0.1) is 0 Å². The van der Waals surface area contributed by atoms with Crippen molar-refractivity contribution in [2.75, 3.05) is 20.8 Å². The number of carbonyl (C=O) groups is 1. The molecule has 23 heavy (non-hydrogen) atoms. The molecule has 0 aliphatic heterocycles. The molecule has 5 heteroatoms. The van der Waals surface area contributed by atoms with Crippen molar-refractivity contribution in [1.29, 1.82) is 0 Å². The van der Waals surface area contributed by atoms with Crippen molar-refractivity contribution in [3.05, 3.63) is 23.8 Å². The largest absolute Gasteiger partial charge is 0.493 e. The Hall–Kier alpha value is -1.75. The minimum Gasteiger partial charge on any atom is -0.493 e. The van der Waals surface area contributed by atoms with Gasteiger partial charge in [-0.2, -0.15) is 0 Å². The molecule has 1 aliphatic carbocycles. The normalized spacial score (nSPS) is 16.1. The van der Waals surface area contributed by atoms with Crippen LogP contribution in [0.3, 0.4) is 0 Å². The summed E-state index contributed by atoms with van der Waals surface area (Å²) in [5.74, 6) is 1.90. The highest BCUT2D eigenvalue weighted by molar-refractivity contribution is 5.75. The molecule has 1 saturated carbocycles. The summed E-state index contributed by atoms with van der Waals surface area (Å²) in [6.07, 6.45) is 5.84. The molecule has 1 aliphatic rings. The molecule has 1 aromatic rings.